The SMILES string of the molecule is CCN(CCNC(C)C)C(=O)O/N=C(\C)[C@H]1CC[C@H]2[C@@H]3CCC4=CC(=O)CC[C@]4(C)[C@H]3CC[C@]12C. The van der Waals surface area contributed by atoms with Crippen LogP contribution in [0.5, 0.6) is 0 Å². The number of carbonyl (C=O) groups excluding carboxylic acids is 2. The van der Waals surface area contributed by atoms with Crippen LogP contribution in [0.25, 0.3) is 0 Å². The Morgan fingerprint density at radius 2 is 1.94 bits per heavy atom. The van der Waals surface area contributed by atoms with Gasteiger partial charge in [0.1, 0.15) is 0 Å². The van der Waals surface area contributed by atoms with E-state index < -0.39 is 0 Å². The number of rotatable bonds is 7. The maximum Gasteiger partial charge on any atom is 0.436 e. The summed E-state index contributed by atoms with van der Waals surface area (Å²) in [6, 6.07) is 0.395. The highest BCUT2D eigenvalue weighted by molar-refractivity contribution is 5.91. The summed E-state index contributed by atoms with van der Waals surface area (Å²) in [7, 11) is 0. The Kier molecular flexibility index (Phi) is 7.80. The summed E-state index contributed by atoms with van der Waals surface area (Å²) >= 11 is 0. The quantitative estimate of drug-likeness (QED) is 0.274. The van der Waals surface area contributed by atoms with E-state index in [1.807, 2.05) is 13.0 Å². The Morgan fingerprint density at radius 3 is 2.66 bits per heavy atom. The Bertz CT molecular complexity index is 880. The third kappa shape index (κ3) is 4.97. The third-order valence-electron chi connectivity index (χ3n) is 10.3. The second-order valence-corrected chi connectivity index (χ2v) is 12.4. The summed E-state index contributed by atoms with van der Waals surface area (Å²) in [5, 5.41) is 7.75. The van der Waals surface area contributed by atoms with Crippen molar-refractivity contribution >= 4 is 17.6 Å². The summed E-state index contributed by atoms with van der Waals surface area (Å²) in [6.45, 7) is 15.1. The standard InChI is InChI=1S/C29H47N3O3/c1-7-32(17-16-30-19(2)3)27(34)35-31-20(4)24-10-11-25-23-9-8-21-18-22(33)12-14-28(21,5)26(23)13-15-29(24,25)6/h18-19,23-26,30H,7-17H2,1-6H3/b31-20+/t23-,24+,25-,26-,28-,29+/m0/s1. The molecular formula is C29H47N3O3. The highest BCUT2D eigenvalue weighted by Crippen LogP contribution is 2.66. The minimum Gasteiger partial charge on any atom is -0.313 e. The largest absolute Gasteiger partial charge is 0.436 e. The number of hydrogen-bond donors (Lipinski definition) is 1. The lowest BCUT2D eigenvalue weighted by molar-refractivity contribution is -0.117. The Morgan fingerprint density at radius 1 is 1.17 bits per heavy atom. The van der Waals surface area contributed by atoms with E-state index in [1.54, 1.807) is 4.90 Å². The number of hydrogen-bond acceptors (Lipinski definition) is 5. The van der Waals surface area contributed by atoms with Gasteiger partial charge in [0.15, 0.2) is 5.78 Å². The molecule has 3 saturated carbocycles. The van der Waals surface area contributed by atoms with Crippen molar-refractivity contribution in [3.05, 3.63) is 11.6 Å². The summed E-state index contributed by atoms with van der Waals surface area (Å²) < 4.78 is 0. The van der Waals surface area contributed by atoms with Gasteiger partial charge in [-0.25, -0.2) is 4.79 Å². The lowest BCUT2D eigenvalue weighted by Gasteiger charge is -2.58. The topological polar surface area (TPSA) is 71.0 Å². The zero-order chi connectivity index (χ0) is 25.4. The van der Waals surface area contributed by atoms with Crippen molar-refractivity contribution in [1.82, 2.24) is 10.2 Å². The number of fused-ring (bicyclic) bond motifs is 5. The molecule has 0 spiro atoms. The molecule has 0 saturated heterocycles. The number of likely N-dealkylation sites (N-methyl/N-ethyl adjacent to an activating group) is 1. The van der Waals surface area contributed by atoms with Crippen LogP contribution in [0.3, 0.4) is 0 Å². The fraction of sp³-hybridized carbons (Fsp3) is 0.828. The number of carbonyl (C=O) groups is 2. The van der Waals surface area contributed by atoms with Gasteiger partial charge in [0.2, 0.25) is 0 Å². The molecular weight excluding hydrogens is 438 g/mol. The Hall–Kier alpha value is -1.69. The molecule has 0 unspecified atom stereocenters. The van der Waals surface area contributed by atoms with Crippen LogP contribution in [0.1, 0.15) is 92.9 Å². The van der Waals surface area contributed by atoms with E-state index in [-0.39, 0.29) is 16.9 Å². The Labute approximate surface area is 212 Å². The van der Waals surface area contributed by atoms with E-state index >= 15 is 0 Å². The van der Waals surface area contributed by atoms with Crippen LogP contribution in [-0.2, 0) is 9.63 Å². The predicted octanol–water partition coefficient (Wildman–Crippen LogP) is 5.97. The van der Waals surface area contributed by atoms with Crippen LogP contribution in [0.15, 0.2) is 16.8 Å². The van der Waals surface area contributed by atoms with Crippen LogP contribution in [0.4, 0.5) is 4.79 Å². The molecule has 6 heteroatoms. The molecule has 6 atom stereocenters. The molecule has 0 radical (unpaired) electrons. The van der Waals surface area contributed by atoms with E-state index in [9.17, 15) is 9.59 Å². The van der Waals surface area contributed by atoms with Gasteiger partial charge in [0.05, 0.1) is 5.71 Å². The molecule has 0 aromatic heterocycles. The minimum absolute atomic E-state index is 0.211. The molecule has 4 aliphatic carbocycles. The maximum atomic E-state index is 12.7. The smallest absolute Gasteiger partial charge is 0.313 e. The van der Waals surface area contributed by atoms with Crippen molar-refractivity contribution in [1.29, 1.82) is 0 Å². The van der Waals surface area contributed by atoms with E-state index in [2.05, 4.69) is 45.1 Å². The van der Waals surface area contributed by atoms with Crippen molar-refractivity contribution in [2.45, 2.75) is 99.0 Å². The first kappa shape index (κ1) is 26.4. The van der Waals surface area contributed by atoms with Gasteiger partial charge in [-0.1, -0.05) is 38.4 Å². The lowest BCUT2D eigenvalue weighted by atomic mass is 9.46. The number of allylic oxidation sites excluding steroid dienone is 1. The predicted molar refractivity (Wildman–Crippen MR) is 140 cm³/mol. The molecule has 196 valence electrons. The second-order valence-electron chi connectivity index (χ2n) is 12.4. The van der Waals surface area contributed by atoms with Crippen molar-refractivity contribution in [3.63, 3.8) is 0 Å². The zero-order valence-corrected chi connectivity index (χ0v) is 22.9. The molecule has 1 N–H and O–H groups in total. The minimum atomic E-state index is -0.354. The first-order valence-corrected chi connectivity index (χ1v) is 14.1. The number of amides is 1. The zero-order valence-electron chi connectivity index (χ0n) is 22.9. The maximum absolute atomic E-state index is 12.7. The average molecular weight is 486 g/mol. The van der Waals surface area contributed by atoms with Gasteiger partial charge in [-0.3, -0.25) is 9.63 Å². The van der Waals surface area contributed by atoms with Gasteiger partial charge >= 0.3 is 6.09 Å². The average Bonchev–Trinajstić information content (AvgIpc) is 3.17. The normalized spacial score (nSPS) is 36.8. The first-order chi connectivity index (χ1) is 16.6. The summed E-state index contributed by atoms with van der Waals surface area (Å²) in [6.07, 6.45) is 10.5. The van der Waals surface area contributed by atoms with Gasteiger partial charge in [-0.15, -0.1) is 0 Å². The molecule has 3 fully saturated rings. The third-order valence-corrected chi connectivity index (χ3v) is 10.3. The number of ketones is 1. The van der Waals surface area contributed by atoms with Gasteiger partial charge in [-0.05, 0) is 93.5 Å². The lowest BCUT2D eigenvalue weighted by Crippen LogP contribution is -2.51. The summed E-state index contributed by atoms with van der Waals surface area (Å²) in [4.78, 5) is 31.9. The highest BCUT2D eigenvalue weighted by atomic mass is 16.7. The molecule has 6 nitrogen and oxygen atoms in total. The molecule has 4 aliphatic rings. The van der Waals surface area contributed by atoms with Crippen LogP contribution in [0, 0.1) is 34.5 Å². The van der Waals surface area contributed by atoms with Crippen LogP contribution in [0.2, 0.25) is 0 Å². The molecule has 4 rings (SSSR count). The number of oxime groups is 1. The molecule has 1 amide bonds. The van der Waals surface area contributed by atoms with E-state index in [0.29, 0.717) is 49.1 Å². The van der Waals surface area contributed by atoms with Crippen LogP contribution < -0.4 is 5.32 Å². The summed E-state index contributed by atoms with van der Waals surface area (Å²) in [5.41, 5.74) is 2.84. The van der Waals surface area contributed by atoms with Gasteiger partial charge in [0.25, 0.3) is 0 Å². The van der Waals surface area contributed by atoms with Crippen LogP contribution in [-0.4, -0.2) is 48.2 Å². The van der Waals surface area contributed by atoms with Gasteiger partial charge in [-0.2, -0.15) is 0 Å². The van der Waals surface area contributed by atoms with Crippen molar-refractivity contribution in [2.24, 2.45) is 39.7 Å². The van der Waals surface area contributed by atoms with Crippen molar-refractivity contribution in [2.75, 3.05) is 19.6 Å². The number of nitrogens with one attached hydrogen (secondary N) is 1. The molecule has 0 aromatic rings. The second kappa shape index (κ2) is 10.4. The molecule has 0 aliphatic heterocycles. The monoisotopic (exact) mass is 485 g/mol. The molecule has 35 heavy (non-hydrogen) atoms. The molecule has 0 heterocycles. The van der Waals surface area contributed by atoms with Gasteiger partial charge in [0, 0.05) is 38.0 Å². The van der Waals surface area contributed by atoms with Crippen molar-refractivity contribution in [3.8, 4) is 0 Å². The first-order valence-electron chi connectivity index (χ1n) is 14.1. The molecule has 0 bridgehead atoms. The van der Waals surface area contributed by atoms with E-state index in [0.717, 1.165) is 37.4 Å². The fourth-order valence-electron chi connectivity index (χ4n) is 8.34. The molecule has 0 aromatic carbocycles. The Balaban J connectivity index is 1.42. The summed E-state index contributed by atoms with van der Waals surface area (Å²) in [5.74, 6) is 2.82. The van der Waals surface area contributed by atoms with E-state index in [1.165, 1.54) is 31.3 Å². The van der Waals surface area contributed by atoms with E-state index in [4.69, 9.17) is 4.84 Å². The fourth-order valence-corrected chi connectivity index (χ4v) is 8.34. The highest BCUT2D eigenvalue weighted by Gasteiger charge is 2.59. The van der Waals surface area contributed by atoms with Crippen LogP contribution >= 0.6 is 0 Å². The van der Waals surface area contributed by atoms with Crippen molar-refractivity contribution < 1.29 is 14.4 Å². The number of nitrogens with zero attached hydrogens (tertiary/aromatic N) is 2. The van der Waals surface area contributed by atoms with Gasteiger partial charge < -0.3 is 10.2 Å².